The summed E-state index contributed by atoms with van der Waals surface area (Å²) < 4.78 is 0. The number of carboxylic acid groups (broad SMARTS) is 5. The van der Waals surface area contributed by atoms with Gasteiger partial charge in [0.1, 0.15) is 30.2 Å². The van der Waals surface area contributed by atoms with E-state index in [1.54, 1.807) is 47.0 Å². The molecule has 0 aromatic rings. The Kier molecular flexibility index (Phi) is 46.6. The fourth-order valence-corrected chi connectivity index (χ4v) is 4.06. The van der Waals surface area contributed by atoms with E-state index >= 15 is 0 Å². The number of thioether (sulfide) groups is 4. The zero-order valence-corrected chi connectivity index (χ0v) is 30.5. The molecule has 20 heteroatoms. The second-order valence-electron chi connectivity index (χ2n) is 9.13. The summed E-state index contributed by atoms with van der Waals surface area (Å²) in [6.07, 6.45) is 12.1. The molecule has 276 valence electrons. The van der Waals surface area contributed by atoms with Gasteiger partial charge in [0.05, 0.1) is 0 Å². The lowest BCUT2D eigenvalue weighted by Gasteiger charge is -2.03. The van der Waals surface area contributed by atoms with Crippen LogP contribution in [-0.2, 0) is 24.0 Å². The molecule has 0 radical (unpaired) electrons. The third kappa shape index (κ3) is 46.9. The minimum Gasteiger partial charge on any atom is -0.480 e. The Bertz CT molecular complexity index is 683. The Balaban J connectivity index is -0.000000152. The van der Waals surface area contributed by atoms with Crippen LogP contribution >= 0.6 is 47.0 Å². The zero-order chi connectivity index (χ0) is 37.1. The maximum absolute atomic E-state index is 10.1. The molecule has 5 atom stereocenters. The fraction of sp³-hybridized carbons (Fsp3) is 0.808. The number of carboxylic acids is 5. The summed E-state index contributed by atoms with van der Waals surface area (Å²) in [4.78, 5) is 50.4. The summed E-state index contributed by atoms with van der Waals surface area (Å²) in [5, 5.41) is 41.4. The average Bonchev–Trinajstić information content (AvgIpc) is 3.00. The molecular formula is C26H58N6O10S4. The minimum atomic E-state index is -0.933. The number of aliphatic carboxylic acids is 5. The highest BCUT2D eigenvalue weighted by Gasteiger charge is 2.11. The molecular weight excluding hydrogens is 685 g/mol. The average molecular weight is 743 g/mol. The van der Waals surface area contributed by atoms with E-state index in [-0.39, 0.29) is 0 Å². The Morgan fingerprint density at radius 1 is 0.435 bits per heavy atom. The van der Waals surface area contributed by atoms with Gasteiger partial charge in [0.25, 0.3) is 0 Å². The van der Waals surface area contributed by atoms with E-state index in [9.17, 15) is 24.0 Å². The van der Waals surface area contributed by atoms with Crippen LogP contribution in [0.2, 0.25) is 0 Å². The third-order valence-corrected chi connectivity index (χ3v) is 7.66. The molecule has 0 aliphatic rings. The van der Waals surface area contributed by atoms with Gasteiger partial charge in [0.2, 0.25) is 0 Å². The molecule has 0 fully saturated rings. The highest BCUT2D eigenvalue weighted by atomic mass is 32.2. The third-order valence-electron chi connectivity index (χ3n) is 5.09. The number of hydrogen-bond acceptors (Lipinski definition) is 15. The van der Waals surface area contributed by atoms with E-state index in [1.807, 2.05) is 25.0 Å². The van der Waals surface area contributed by atoms with Crippen molar-refractivity contribution in [1.29, 1.82) is 0 Å². The van der Waals surface area contributed by atoms with E-state index < -0.39 is 60.1 Å². The molecule has 0 rings (SSSR count). The van der Waals surface area contributed by atoms with Gasteiger partial charge in [0, 0.05) is 0 Å². The van der Waals surface area contributed by atoms with Crippen molar-refractivity contribution >= 4 is 76.9 Å². The molecule has 0 aromatic carbocycles. The molecule has 0 amide bonds. The second-order valence-corrected chi connectivity index (χ2v) is 13.1. The first kappa shape index (κ1) is 54.0. The molecule has 16 nitrogen and oxygen atoms in total. The first-order chi connectivity index (χ1) is 21.4. The van der Waals surface area contributed by atoms with Gasteiger partial charge >= 0.3 is 29.8 Å². The van der Waals surface area contributed by atoms with Crippen LogP contribution in [0, 0.1) is 0 Å². The maximum atomic E-state index is 10.1. The normalized spacial score (nSPS) is 13.1. The predicted molar refractivity (Wildman–Crippen MR) is 193 cm³/mol. The van der Waals surface area contributed by atoms with Crippen molar-refractivity contribution in [3.8, 4) is 0 Å². The quantitative estimate of drug-likeness (QED) is 0.0696. The molecule has 46 heavy (non-hydrogen) atoms. The van der Waals surface area contributed by atoms with Crippen LogP contribution in [0.3, 0.4) is 0 Å². The minimum absolute atomic E-state index is 0.520. The summed E-state index contributed by atoms with van der Waals surface area (Å²) in [5.74, 6) is -1.33. The molecule has 0 aromatic heterocycles. The maximum Gasteiger partial charge on any atom is 0.320 e. The predicted octanol–water partition coefficient (Wildman–Crippen LogP) is 0.133. The van der Waals surface area contributed by atoms with E-state index in [0.29, 0.717) is 38.6 Å². The molecule has 0 saturated heterocycles. The molecule has 0 aliphatic carbocycles. The van der Waals surface area contributed by atoms with Gasteiger partial charge in [-0.3, -0.25) is 24.0 Å². The van der Waals surface area contributed by atoms with Gasteiger partial charge in [-0.2, -0.15) is 47.0 Å². The van der Waals surface area contributed by atoms with Gasteiger partial charge in [-0.1, -0.05) is 6.42 Å². The van der Waals surface area contributed by atoms with Crippen molar-refractivity contribution < 1.29 is 49.5 Å². The van der Waals surface area contributed by atoms with Crippen LogP contribution < -0.4 is 34.4 Å². The second kappa shape index (κ2) is 39.7. The van der Waals surface area contributed by atoms with Crippen molar-refractivity contribution in [2.45, 2.75) is 75.2 Å². The molecule has 0 saturated carbocycles. The lowest BCUT2D eigenvalue weighted by molar-refractivity contribution is -0.139. The summed E-state index contributed by atoms with van der Waals surface area (Å²) in [5.41, 5.74) is 31.2. The summed E-state index contributed by atoms with van der Waals surface area (Å²) in [6, 6.07) is -3.45. The Labute approximate surface area is 289 Å². The van der Waals surface area contributed by atoms with Crippen molar-refractivity contribution in [2.24, 2.45) is 34.4 Å². The van der Waals surface area contributed by atoms with Gasteiger partial charge in [-0.05, 0) is 93.1 Å². The number of hydrogen-bond donors (Lipinski definition) is 11. The summed E-state index contributed by atoms with van der Waals surface area (Å²) >= 11 is 6.42. The van der Waals surface area contributed by atoms with Crippen LogP contribution in [0.5, 0.6) is 0 Å². The molecule has 0 aliphatic heterocycles. The summed E-state index contributed by atoms with van der Waals surface area (Å²) in [6.45, 7) is 0.604. The van der Waals surface area contributed by atoms with Crippen molar-refractivity contribution in [2.75, 3.05) is 54.6 Å². The molecule has 17 N–H and O–H groups in total. The molecule has 0 bridgehead atoms. The monoisotopic (exact) mass is 742 g/mol. The van der Waals surface area contributed by atoms with Crippen LogP contribution in [-0.4, -0.2) is 140 Å². The van der Waals surface area contributed by atoms with Crippen LogP contribution in [0.1, 0.15) is 44.9 Å². The Morgan fingerprint density at radius 3 is 0.783 bits per heavy atom. The number of rotatable bonds is 21. The highest BCUT2D eigenvalue weighted by Crippen LogP contribution is 2.00. The van der Waals surface area contributed by atoms with Gasteiger partial charge in [0.15, 0.2) is 0 Å². The van der Waals surface area contributed by atoms with Gasteiger partial charge in [-0.15, -0.1) is 0 Å². The van der Waals surface area contributed by atoms with Crippen molar-refractivity contribution in [3.63, 3.8) is 0 Å². The van der Waals surface area contributed by atoms with E-state index in [2.05, 4.69) is 0 Å². The van der Waals surface area contributed by atoms with E-state index in [0.717, 1.165) is 35.9 Å². The first-order valence-corrected chi connectivity index (χ1v) is 19.6. The standard InChI is InChI=1S/C6H14N2O2.4C5H11NO2S/c7-4-2-1-3-5(8)6(9)10;4*1-9-3-2-4(6)5(7)8/h5H,1-4,7-8H2,(H,9,10);4*4H,2-3,6H2,1H3,(H,7,8)/t5-;4*4-/m00000/s1. The Hall–Kier alpha value is -1.49. The van der Waals surface area contributed by atoms with Crippen LogP contribution in [0.15, 0.2) is 0 Å². The first-order valence-electron chi connectivity index (χ1n) is 14.0. The van der Waals surface area contributed by atoms with Gasteiger partial charge in [-0.25, -0.2) is 0 Å². The molecule has 0 spiro atoms. The van der Waals surface area contributed by atoms with E-state index in [4.69, 9.17) is 59.9 Å². The highest BCUT2D eigenvalue weighted by molar-refractivity contribution is 7.99. The van der Waals surface area contributed by atoms with E-state index in [1.165, 1.54) is 0 Å². The SMILES string of the molecule is CSCC[C@H](N)C(=O)O.CSCC[C@H](N)C(=O)O.CSCC[C@H](N)C(=O)O.CSCC[C@H](N)C(=O)O.NCCCC[C@H](N)C(=O)O. The number of nitrogens with two attached hydrogens (primary N) is 6. The van der Waals surface area contributed by atoms with Crippen molar-refractivity contribution in [3.05, 3.63) is 0 Å². The number of unbranched alkanes of at least 4 members (excludes halogenated alkanes) is 1. The van der Waals surface area contributed by atoms with Gasteiger partial charge < -0.3 is 59.9 Å². The topological polar surface area (TPSA) is 343 Å². The lowest BCUT2D eigenvalue weighted by Crippen LogP contribution is -2.30. The summed E-state index contributed by atoms with van der Waals surface area (Å²) in [7, 11) is 0. The van der Waals surface area contributed by atoms with Crippen LogP contribution in [0.25, 0.3) is 0 Å². The Morgan fingerprint density at radius 2 is 0.630 bits per heavy atom. The lowest BCUT2D eigenvalue weighted by atomic mass is 10.1. The molecule has 0 heterocycles. The van der Waals surface area contributed by atoms with Crippen molar-refractivity contribution in [1.82, 2.24) is 0 Å². The van der Waals surface area contributed by atoms with Crippen LogP contribution in [0.4, 0.5) is 0 Å². The number of carbonyl (C=O) groups is 5. The largest absolute Gasteiger partial charge is 0.480 e. The zero-order valence-electron chi connectivity index (χ0n) is 27.2. The fourth-order valence-electron chi connectivity index (χ4n) is 2.11. The molecule has 0 unspecified atom stereocenters. The smallest absolute Gasteiger partial charge is 0.320 e.